The van der Waals surface area contributed by atoms with Gasteiger partial charge in [0, 0.05) is 12.1 Å². The van der Waals surface area contributed by atoms with Crippen molar-refractivity contribution in [2.24, 2.45) is 0 Å². The first-order valence-corrected chi connectivity index (χ1v) is 4.58. The van der Waals surface area contributed by atoms with Gasteiger partial charge in [-0.1, -0.05) is 0 Å². The Kier molecular flexibility index (Phi) is 4.87. The third-order valence-electron chi connectivity index (χ3n) is 1.90. The number of aliphatic hydroxyl groups is 2. The van der Waals surface area contributed by atoms with E-state index in [1.165, 1.54) is 0 Å². The summed E-state index contributed by atoms with van der Waals surface area (Å²) in [6.45, 7) is 5.16. The Hall–Kier alpha value is -0.810. The molecular formula is C9H19NO4. The Labute approximate surface area is 84.0 Å². The molecule has 1 atom stereocenters. The van der Waals surface area contributed by atoms with Gasteiger partial charge in [-0.2, -0.15) is 0 Å². The molecular weight excluding hydrogens is 186 g/mol. The number of β-amino-alcohol motifs (C(OH)–C–C–N with tert-alkyl or cyclic N) is 1. The Morgan fingerprint density at radius 3 is 2.21 bits per heavy atom. The van der Waals surface area contributed by atoms with Gasteiger partial charge in [0.2, 0.25) is 0 Å². The van der Waals surface area contributed by atoms with Crippen LogP contribution in [-0.4, -0.2) is 51.1 Å². The van der Waals surface area contributed by atoms with Crippen LogP contribution in [0.15, 0.2) is 0 Å². The third-order valence-corrected chi connectivity index (χ3v) is 1.90. The third kappa shape index (κ3) is 4.43. The van der Waals surface area contributed by atoms with Crippen molar-refractivity contribution in [1.82, 2.24) is 4.90 Å². The molecule has 3 N–H and O–H groups in total. The van der Waals surface area contributed by atoms with Crippen LogP contribution in [0.3, 0.4) is 0 Å². The van der Waals surface area contributed by atoms with Gasteiger partial charge in [0.15, 0.2) is 0 Å². The van der Waals surface area contributed by atoms with Crippen molar-refractivity contribution in [2.45, 2.75) is 38.8 Å². The van der Waals surface area contributed by atoms with Gasteiger partial charge in [0.1, 0.15) is 0 Å². The SMILES string of the molecule is CC(C)(C)N(CC(O)CCO)C(=O)O. The summed E-state index contributed by atoms with van der Waals surface area (Å²) >= 11 is 0. The molecule has 1 unspecified atom stereocenters. The molecule has 0 aliphatic carbocycles. The number of hydrogen-bond acceptors (Lipinski definition) is 3. The van der Waals surface area contributed by atoms with E-state index in [4.69, 9.17) is 10.2 Å². The molecule has 1 amide bonds. The summed E-state index contributed by atoms with van der Waals surface area (Å²) in [6.07, 6.45) is -1.68. The van der Waals surface area contributed by atoms with E-state index in [0.717, 1.165) is 4.90 Å². The molecule has 0 aromatic carbocycles. The van der Waals surface area contributed by atoms with Gasteiger partial charge in [0.25, 0.3) is 0 Å². The van der Waals surface area contributed by atoms with E-state index in [1.807, 2.05) is 0 Å². The van der Waals surface area contributed by atoms with Crippen molar-refractivity contribution in [3.63, 3.8) is 0 Å². The average molecular weight is 205 g/mol. The van der Waals surface area contributed by atoms with Crippen molar-refractivity contribution < 1.29 is 20.1 Å². The van der Waals surface area contributed by atoms with Crippen molar-refractivity contribution in [1.29, 1.82) is 0 Å². The fourth-order valence-corrected chi connectivity index (χ4v) is 1.09. The predicted octanol–water partition coefficient (Wildman–Crippen LogP) is 0.508. The van der Waals surface area contributed by atoms with E-state index in [2.05, 4.69) is 0 Å². The fourth-order valence-electron chi connectivity index (χ4n) is 1.09. The predicted molar refractivity (Wildman–Crippen MR) is 52.2 cm³/mol. The molecule has 0 radical (unpaired) electrons. The summed E-state index contributed by atoms with van der Waals surface area (Å²) in [5.74, 6) is 0. The smallest absolute Gasteiger partial charge is 0.407 e. The lowest BCUT2D eigenvalue weighted by molar-refractivity contribution is 0.0456. The minimum Gasteiger partial charge on any atom is -0.465 e. The van der Waals surface area contributed by atoms with E-state index in [1.54, 1.807) is 20.8 Å². The number of carbonyl (C=O) groups is 1. The van der Waals surface area contributed by atoms with E-state index >= 15 is 0 Å². The molecule has 0 aromatic heterocycles. The normalized spacial score (nSPS) is 13.8. The topological polar surface area (TPSA) is 81.0 Å². The Bertz CT molecular complexity index is 188. The van der Waals surface area contributed by atoms with Crippen LogP contribution in [0.2, 0.25) is 0 Å². The molecule has 0 bridgehead atoms. The number of aliphatic hydroxyl groups excluding tert-OH is 2. The van der Waals surface area contributed by atoms with Gasteiger partial charge in [-0.25, -0.2) is 4.79 Å². The van der Waals surface area contributed by atoms with Gasteiger partial charge in [0.05, 0.1) is 12.6 Å². The molecule has 0 aromatic rings. The molecule has 0 aliphatic heterocycles. The molecule has 0 saturated carbocycles. The maximum Gasteiger partial charge on any atom is 0.407 e. The molecule has 5 heteroatoms. The second-order valence-electron chi connectivity index (χ2n) is 4.23. The monoisotopic (exact) mass is 205 g/mol. The quantitative estimate of drug-likeness (QED) is 0.624. The van der Waals surface area contributed by atoms with Crippen LogP contribution in [0.5, 0.6) is 0 Å². The summed E-state index contributed by atoms with van der Waals surface area (Å²) in [7, 11) is 0. The Balaban J connectivity index is 4.32. The number of amides is 1. The second-order valence-corrected chi connectivity index (χ2v) is 4.23. The van der Waals surface area contributed by atoms with Crippen LogP contribution in [0.4, 0.5) is 4.79 Å². The summed E-state index contributed by atoms with van der Waals surface area (Å²) in [4.78, 5) is 12.0. The molecule has 0 spiro atoms. The second kappa shape index (κ2) is 5.17. The van der Waals surface area contributed by atoms with Crippen LogP contribution in [-0.2, 0) is 0 Å². The van der Waals surface area contributed by atoms with Gasteiger partial charge in [-0.05, 0) is 27.2 Å². The van der Waals surface area contributed by atoms with Gasteiger partial charge < -0.3 is 20.2 Å². The lowest BCUT2D eigenvalue weighted by atomic mass is 10.1. The molecule has 0 rings (SSSR count). The van der Waals surface area contributed by atoms with Crippen molar-refractivity contribution in [3.05, 3.63) is 0 Å². The molecule has 0 saturated heterocycles. The lowest BCUT2D eigenvalue weighted by Crippen LogP contribution is -2.48. The Morgan fingerprint density at radius 2 is 1.93 bits per heavy atom. The van der Waals surface area contributed by atoms with Crippen LogP contribution < -0.4 is 0 Å². The van der Waals surface area contributed by atoms with Gasteiger partial charge >= 0.3 is 6.09 Å². The summed E-state index contributed by atoms with van der Waals surface area (Å²) < 4.78 is 0. The first-order chi connectivity index (χ1) is 6.29. The number of carboxylic acid groups (broad SMARTS) is 1. The van der Waals surface area contributed by atoms with E-state index in [0.29, 0.717) is 0 Å². The highest BCUT2D eigenvalue weighted by atomic mass is 16.4. The highest BCUT2D eigenvalue weighted by molar-refractivity contribution is 5.66. The van der Waals surface area contributed by atoms with Crippen LogP contribution in [0, 0.1) is 0 Å². The zero-order valence-corrected chi connectivity index (χ0v) is 8.90. The number of rotatable bonds is 4. The van der Waals surface area contributed by atoms with Crippen LogP contribution in [0.25, 0.3) is 0 Å². The van der Waals surface area contributed by atoms with E-state index in [-0.39, 0.29) is 19.6 Å². The minimum atomic E-state index is -1.06. The maximum absolute atomic E-state index is 10.8. The summed E-state index contributed by atoms with van der Waals surface area (Å²) in [5.41, 5.74) is -0.539. The van der Waals surface area contributed by atoms with E-state index < -0.39 is 17.7 Å². The standard InChI is InChI=1S/C9H19NO4/c1-9(2,3)10(8(13)14)6-7(12)4-5-11/h7,11-12H,4-6H2,1-3H3,(H,13,14). The molecule has 14 heavy (non-hydrogen) atoms. The summed E-state index contributed by atoms with van der Waals surface area (Å²) in [5, 5.41) is 26.8. The van der Waals surface area contributed by atoms with Gasteiger partial charge in [-0.15, -0.1) is 0 Å². The first-order valence-electron chi connectivity index (χ1n) is 4.58. The maximum atomic E-state index is 10.8. The fraction of sp³-hybridized carbons (Fsp3) is 0.889. The van der Waals surface area contributed by atoms with Crippen LogP contribution in [0.1, 0.15) is 27.2 Å². The van der Waals surface area contributed by atoms with Crippen molar-refractivity contribution in [2.75, 3.05) is 13.2 Å². The van der Waals surface area contributed by atoms with Gasteiger partial charge in [-0.3, -0.25) is 0 Å². The minimum absolute atomic E-state index is 0.0272. The van der Waals surface area contributed by atoms with Crippen molar-refractivity contribution in [3.8, 4) is 0 Å². The molecule has 84 valence electrons. The first kappa shape index (κ1) is 13.2. The zero-order valence-electron chi connectivity index (χ0n) is 8.90. The molecule has 0 aliphatic rings. The van der Waals surface area contributed by atoms with E-state index in [9.17, 15) is 9.90 Å². The average Bonchev–Trinajstić information content (AvgIpc) is 1.98. The zero-order chi connectivity index (χ0) is 11.4. The molecule has 0 heterocycles. The molecule has 5 nitrogen and oxygen atoms in total. The highest BCUT2D eigenvalue weighted by Crippen LogP contribution is 2.14. The highest BCUT2D eigenvalue weighted by Gasteiger charge is 2.27. The lowest BCUT2D eigenvalue weighted by Gasteiger charge is -2.34. The number of nitrogens with zero attached hydrogens (tertiary/aromatic N) is 1. The summed E-state index contributed by atoms with van der Waals surface area (Å²) in [6, 6.07) is 0. The van der Waals surface area contributed by atoms with Crippen LogP contribution >= 0.6 is 0 Å². The Morgan fingerprint density at radius 1 is 1.43 bits per heavy atom. The largest absolute Gasteiger partial charge is 0.465 e. The molecule has 0 fully saturated rings. The number of hydrogen-bond donors (Lipinski definition) is 3. The van der Waals surface area contributed by atoms with Crippen molar-refractivity contribution >= 4 is 6.09 Å².